The SMILES string of the molecule is CC1CCN(C(=O)c2cc(Br)c(F)cc2F)CC1. The lowest BCUT2D eigenvalue weighted by molar-refractivity contribution is 0.0692. The molecule has 5 heteroatoms. The number of likely N-dealkylation sites (tertiary alicyclic amines) is 1. The van der Waals surface area contributed by atoms with Crippen molar-refractivity contribution >= 4 is 21.8 Å². The minimum atomic E-state index is -0.806. The molecular weight excluding hydrogens is 304 g/mol. The van der Waals surface area contributed by atoms with Crippen LogP contribution in [0.25, 0.3) is 0 Å². The zero-order valence-corrected chi connectivity index (χ0v) is 11.6. The molecule has 18 heavy (non-hydrogen) atoms. The zero-order valence-electron chi connectivity index (χ0n) is 10.0. The molecule has 1 aromatic rings. The molecule has 1 amide bonds. The maximum Gasteiger partial charge on any atom is 0.256 e. The minimum Gasteiger partial charge on any atom is -0.339 e. The van der Waals surface area contributed by atoms with Crippen LogP contribution in [0.1, 0.15) is 30.1 Å². The van der Waals surface area contributed by atoms with Gasteiger partial charge in [-0.15, -0.1) is 0 Å². The van der Waals surface area contributed by atoms with E-state index >= 15 is 0 Å². The van der Waals surface area contributed by atoms with Gasteiger partial charge in [0.2, 0.25) is 0 Å². The van der Waals surface area contributed by atoms with Crippen LogP contribution in [0.15, 0.2) is 16.6 Å². The fraction of sp³-hybridized carbons (Fsp3) is 0.462. The summed E-state index contributed by atoms with van der Waals surface area (Å²) in [5.41, 5.74) is -0.0715. The van der Waals surface area contributed by atoms with Crippen molar-refractivity contribution < 1.29 is 13.6 Å². The molecule has 1 aliphatic heterocycles. The van der Waals surface area contributed by atoms with E-state index in [2.05, 4.69) is 22.9 Å². The van der Waals surface area contributed by atoms with Crippen LogP contribution in [-0.4, -0.2) is 23.9 Å². The summed E-state index contributed by atoms with van der Waals surface area (Å²) >= 11 is 2.97. The summed E-state index contributed by atoms with van der Waals surface area (Å²) in [6.07, 6.45) is 1.85. The minimum absolute atomic E-state index is 0.0715. The molecule has 0 aromatic heterocycles. The van der Waals surface area contributed by atoms with E-state index in [9.17, 15) is 13.6 Å². The Kier molecular flexibility index (Phi) is 4.00. The number of hydrogen-bond donors (Lipinski definition) is 0. The largest absolute Gasteiger partial charge is 0.339 e. The molecule has 2 rings (SSSR count). The summed E-state index contributed by atoms with van der Waals surface area (Å²) in [6, 6.07) is 1.95. The van der Waals surface area contributed by atoms with Crippen molar-refractivity contribution in [1.82, 2.24) is 4.90 Å². The van der Waals surface area contributed by atoms with Gasteiger partial charge in [0.05, 0.1) is 10.0 Å². The number of rotatable bonds is 1. The summed E-state index contributed by atoms with van der Waals surface area (Å²) in [6.45, 7) is 3.40. The van der Waals surface area contributed by atoms with Crippen molar-refractivity contribution in [2.75, 3.05) is 13.1 Å². The van der Waals surface area contributed by atoms with Gasteiger partial charge in [0.1, 0.15) is 11.6 Å². The van der Waals surface area contributed by atoms with Crippen LogP contribution < -0.4 is 0 Å². The maximum absolute atomic E-state index is 13.6. The van der Waals surface area contributed by atoms with Crippen LogP contribution in [-0.2, 0) is 0 Å². The Labute approximate surface area is 113 Å². The first-order chi connectivity index (χ1) is 8.49. The highest BCUT2D eigenvalue weighted by atomic mass is 79.9. The topological polar surface area (TPSA) is 20.3 Å². The number of carbonyl (C=O) groups is 1. The third-order valence-corrected chi connectivity index (χ3v) is 3.92. The number of hydrogen-bond acceptors (Lipinski definition) is 1. The molecular formula is C13H14BrF2NO. The van der Waals surface area contributed by atoms with Gasteiger partial charge in [0.15, 0.2) is 0 Å². The van der Waals surface area contributed by atoms with Crippen molar-refractivity contribution in [2.45, 2.75) is 19.8 Å². The molecule has 98 valence electrons. The Morgan fingerprint density at radius 3 is 2.50 bits per heavy atom. The fourth-order valence-corrected chi connectivity index (χ4v) is 2.41. The molecule has 0 saturated carbocycles. The Morgan fingerprint density at radius 2 is 1.89 bits per heavy atom. The predicted molar refractivity (Wildman–Crippen MR) is 68.4 cm³/mol. The smallest absolute Gasteiger partial charge is 0.256 e. The Balaban J connectivity index is 2.21. The molecule has 1 aromatic carbocycles. The number of piperidine rings is 1. The van der Waals surface area contributed by atoms with Gasteiger partial charge in [0, 0.05) is 19.2 Å². The van der Waals surface area contributed by atoms with Gasteiger partial charge >= 0.3 is 0 Å². The molecule has 2 nitrogen and oxygen atoms in total. The summed E-state index contributed by atoms with van der Waals surface area (Å²) < 4.78 is 26.8. The first-order valence-electron chi connectivity index (χ1n) is 5.93. The lowest BCUT2D eigenvalue weighted by Crippen LogP contribution is -2.38. The average molecular weight is 318 g/mol. The fourth-order valence-electron chi connectivity index (χ4n) is 2.07. The Bertz CT molecular complexity index is 470. The molecule has 0 unspecified atom stereocenters. The van der Waals surface area contributed by atoms with Crippen molar-refractivity contribution in [1.29, 1.82) is 0 Å². The standard InChI is InChI=1S/C13H14BrF2NO/c1-8-2-4-17(5-3-8)13(18)9-6-10(14)12(16)7-11(9)15/h6-8H,2-5H2,1H3. The molecule has 0 spiro atoms. The number of carbonyl (C=O) groups excluding carboxylic acids is 1. The second-order valence-electron chi connectivity index (χ2n) is 4.72. The summed E-state index contributed by atoms with van der Waals surface area (Å²) in [5.74, 6) is -1.27. The van der Waals surface area contributed by atoms with Gasteiger partial charge in [-0.25, -0.2) is 8.78 Å². The van der Waals surface area contributed by atoms with Crippen LogP contribution in [0, 0.1) is 17.6 Å². The van der Waals surface area contributed by atoms with E-state index < -0.39 is 11.6 Å². The third kappa shape index (κ3) is 2.71. The first kappa shape index (κ1) is 13.5. The molecule has 1 fully saturated rings. The average Bonchev–Trinajstić information content (AvgIpc) is 2.34. The second-order valence-corrected chi connectivity index (χ2v) is 5.58. The molecule has 1 saturated heterocycles. The van der Waals surface area contributed by atoms with E-state index in [0.717, 1.165) is 18.9 Å². The lowest BCUT2D eigenvalue weighted by Gasteiger charge is -2.30. The number of benzene rings is 1. The van der Waals surface area contributed by atoms with Crippen molar-refractivity contribution in [3.8, 4) is 0 Å². The van der Waals surface area contributed by atoms with E-state index in [-0.39, 0.29) is 15.9 Å². The molecule has 0 radical (unpaired) electrons. The number of halogens is 3. The quantitative estimate of drug-likeness (QED) is 0.725. The molecule has 0 N–H and O–H groups in total. The molecule has 0 atom stereocenters. The summed E-state index contributed by atoms with van der Waals surface area (Å²) in [5, 5.41) is 0. The maximum atomic E-state index is 13.6. The highest BCUT2D eigenvalue weighted by molar-refractivity contribution is 9.10. The Morgan fingerprint density at radius 1 is 1.28 bits per heavy atom. The normalized spacial score (nSPS) is 17.0. The van der Waals surface area contributed by atoms with E-state index in [4.69, 9.17) is 0 Å². The highest BCUT2D eigenvalue weighted by Crippen LogP contribution is 2.23. The number of amides is 1. The van der Waals surface area contributed by atoms with Gasteiger partial charge in [-0.05, 0) is 40.8 Å². The second kappa shape index (κ2) is 5.34. The summed E-state index contributed by atoms with van der Waals surface area (Å²) in [4.78, 5) is 13.8. The van der Waals surface area contributed by atoms with Crippen molar-refractivity contribution in [3.05, 3.63) is 33.8 Å². The van der Waals surface area contributed by atoms with Crippen LogP contribution in [0.4, 0.5) is 8.78 Å². The van der Waals surface area contributed by atoms with Gasteiger partial charge in [-0.3, -0.25) is 4.79 Å². The van der Waals surface area contributed by atoms with Gasteiger partial charge in [-0.1, -0.05) is 6.92 Å². The van der Waals surface area contributed by atoms with Crippen LogP contribution in [0.3, 0.4) is 0 Å². The predicted octanol–water partition coefficient (Wildman–Crippen LogP) is 3.60. The first-order valence-corrected chi connectivity index (χ1v) is 6.72. The van der Waals surface area contributed by atoms with E-state index in [1.807, 2.05) is 0 Å². The Hall–Kier alpha value is -0.970. The van der Waals surface area contributed by atoms with E-state index in [1.165, 1.54) is 6.07 Å². The third-order valence-electron chi connectivity index (χ3n) is 3.31. The van der Waals surface area contributed by atoms with Crippen LogP contribution >= 0.6 is 15.9 Å². The molecule has 1 heterocycles. The van der Waals surface area contributed by atoms with Crippen molar-refractivity contribution in [3.63, 3.8) is 0 Å². The molecule has 0 aliphatic carbocycles. The van der Waals surface area contributed by atoms with Gasteiger partial charge in [-0.2, -0.15) is 0 Å². The summed E-state index contributed by atoms with van der Waals surface area (Å²) in [7, 11) is 0. The van der Waals surface area contributed by atoms with Gasteiger partial charge in [0.25, 0.3) is 5.91 Å². The molecule has 1 aliphatic rings. The monoisotopic (exact) mass is 317 g/mol. The molecule has 0 bridgehead atoms. The van der Waals surface area contributed by atoms with Gasteiger partial charge < -0.3 is 4.90 Å². The van der Waals surface area contributed by atoms with E-state index in [0.29, 0.717) is 19.0 Å². The van der Waals surface area contributed by atoms with Crippen LogP contribution in [0.2, 0.25) is 0 Å². The highest BCUT2D eigenvalue weighted by Gasteiger charge is 2.24. The lowest BCUT2D eigenvalue weighted by atomic mass is 9.98. The zero-order chi connectivity index (χ0) is 13.3. The van der Waals surface area contributed by atoms with Crippen LogP contribution in [0.5, 0.6) is 0 Å². The number of nitrogens with zero attached hydrogens (tertiary/aromatic N) is 1. The van der Waals surface area contributed by atoms with E-state index in [1.54, 1.807) is 4.90 Å². The van der Waals surface area contributed by atoms with Crippen molar-refractivity contribution in [2.24, 2.45) is 5.92 Å².